The Morgan fingerprint density at radius 2 is 2.08 bits per heavy atom. The molecule has 0 atom stereocenters. The van der Waals surface area contributed by atoms with Crippen molar-refractivity contribution in [3.8, 4) is 5.69 Å². The molecule has 0 radical (unpaired) electrons. The fraction of sp³-hybridized carbons (Fsp3) is 0.188. The zero-order valence-corrected chi connectivity index (χ0v) is 15.3. The third-order valence-electron chi connectivity index (χ3n) is 3.25. The fourth-order valence-electron chi connectivity index (χ4n) is 2.02. The van der Waals surface area contributed by atoms with E-state index in [4.69, 9.17) is 11.6 Å². The van der Waals surface area contributed by atoms with E-state index in [-0.39, 0.29) is 11.7 Å². The van der Waals surface area contributed by atoms with Gasteiger partial charge in [-0.2, -0.15) is 0 Å². The van der Waals surface area contributed by atoms with Crippen LogP contribution in [0.2, 0.25) is 4.34 Å². The molecule has 1 aromatic carbocycles. The van der Waals surface area contributed by atoms with Gasteiger partial charge in [0, 0.05) is 10.6 Å². The molecule has 124 valence electrons. The van der Waals surface area contributed by atoms with Crippen LogP contribution in [0.25, 0.3) is 5.69 Å². The standard InChI is InChI=1S/C16H15ClN4OS2/c1-11-2-4-12(5-3-11)21-10-19-20-16(21)23-9-15(22)18-8-13-6-7-14(17)24-13/h2-7,10H,8-9H2,1H3,(H,18,22). The van der Waals surface area contributed by atoms with E-state index in [0.717, 1.165) is 14.9 Å². The summed E-state index contributed by atoms with van der Waals surface area (Å²) in [6, 6.07) is 11.8. The van der Waals surface area contributed by atoms with Crippen LogP contribution in [0.15, 0.2) is 47.9 Å². The van der Waals surface area contributed by atoms with Crippen molar-refractivity contribution in [2.75, 3.05) is 5.75 Å². The van der Waals surface area contributed by atoms with Crippen molar-refractivity contribution in [2.24, 2.45) is 0 Å². The molecule has 3 rings (SSSR count). The van der Waals surface area contributed by atoms with E-state index < -0.39 is 0 Å². The van der Waals surface area contributed by atoms with Gasteiger partial charge in [0.05, 0.1) is 16.6 Å². The molecule has 0 saturated heterocycles. The smallest absolute Gasteiger partial charge is 0.230 e. The van der Waals surface area contributed by atoms with Crippen LogP contribution in [0.4, 0.5) is 0 Å². The zero-order valence-electron chi connectivity index (χ0n) is 12.9. The number of aryl methyl sites for hydroxylation is 1. The van der Waals surface area contributed by atoms with Gasteiger partial charge in [-0.25, -0.2) is 0 Å². The van der Waals surface area contributed by atoms with Crippen LogP contribution in [0, 0.1) is 6.92 Å². The number of carbonyl (C=O) groups excluding carboxylic acids is 1. The van der Waals surface area contributed by atoms with Crippen LogP contribution in [-0.2, 0) is 11.3 Å². The van der Waals surface area contributed by atoms with Crippen LogP contribution < -0.4 is 5.32 Å². The van der Waals surface area contributed by atoms with Crippen molar-refractivity contribution >= 4 is 40.6 Å². The average Bonchev–Trinajstić information content (AvgIpc) is 3.20. The molecule has 0 fully saturated rings. The maximum absolute atomic E-state index is 12.0. The third kappa shape index (κ3) is 4.37. The Morgan fingerprint density at radius 3 is 2.79 bits per heavy atom. The maximum Gasteiger partial charge on any atom is 0.230 e. The molecule has 0 spiro atoms. The van der Waals surface area contributed by atoms with Gasteiger partial charge in [-0.3, -0.25) is 9.36 Å². The van der Waals surface area contributed by atoms with E-state index in [1.807, 2.05) is 47.9 Å². The summed E-state index contributed by atoms with van der Waals surface area (Å²) in [6.07, 6.45) is 1.65. The Bertz CT molecular complexity index is 829. The minimum atomic E-state index is -0.0528. The average molecular weight is 379 g/mol. The van der Waals surface area contributed by atoms with Crippen molar-refractivity contribution < 1.29 is 4.79 Å². The Balaban J connectivity index is 1.56. The van der Waals surface area contributed by atoms with E-state index in [9.17, 15) is 4.79 Å². The Hall–Kier alpha value is -1.83. The topological polar surface area (TPSA) is 59.8 Å². The molecule has 2 aromatic heterocycles. The predicted octanol–water partition coefficient (Wildman–Crippen LogP) is 3.70. The summed E-state index contributed by atoms with van der Waals surface area (Å²) in [6.45, 7) is 2.53. The monoisotopic (exact) mass is 378 g/mol. The van der Waals surface area contributed by atoms with Crippen molar-refractivity contribution in [3.63, 3.8) is 0 Å². The van der Waals surface area contributed by atoms with E-state index in [1.165, 1.54) is 28.7 Å². The molecular formula is C16H15ClN4OS2. The molecule has 1 amide bonds. The molecule has 0 unspecified atom stereocenters. The molecule has 0 bridgehead atoms. The van der Waals surface area contributed by atoms with Crippen LogP contribution in [0.3, 0.4) is 0 Å². The highest BCUT2D eigenvalue weighted by molar-refractivity contribution is 7.99. The van der Waals surface area contributed by atoms with E-state index in [0.29, 0.717) is 11.7 Å². The number of benzene rings is 1. The quantitative estimate of drug-likeness (QED) is 0.664. The maximum atomic E-state index is 12.0. The SMILES string of the molecule is Cc1ccc(-n2cnnc2SCC(=O)NCc2ccc(Cl)s2)cc1. The number of halogens is 1. The molecule has 0 aliphatic carbocycles. The summed E-state index contributed by atoms with van der Waals surface area (Å²) >= 11 is 8.69. The second-order valence-electron chi connectivity index (χ2n) is 5.09. The lowest BCUT2D eigenvalue weighted by atomic mass is 10.2. The molecule has 0 saturated carbocycles. The number of hydrogen-bond donors (Lipinski definition) is 1. The second-order valence-corrected chi connectivity index (χ2v) is 7.83. The molecule has 8 heteroatoms. The first kappa shape index (κ1) is 17.0. The first-order chi connectivity index (χ1) is 11.6. The summed E-state index contributed by atoms with van der Waals surface area (Å²) in [5, 5.41) is 11.6. The number of amides is 1. The summed E-state index contributed by atoms with van der Waals surface area (Å²) < 4.78 is 2.59. The Morgan fingerprint density at radius 1 is 1.29 bits per heavy atom. The number of aromatic nitrogens is 3. The first-order valence-electron chi connectivity index (χ1n) is 7.22. The number of thiophene rings is 1. The minimum Gasteiger partial charge on any atom is -0.350 e. The van der Waals surface area contributed by atoms with Gasteiger partial charge in [-0.1, -0.05) is 41.1 Å². The number of thioether (sulfide) groups is 1. The van der Waals surface area contributed by atoms with Crippen molar-refractivity contribution in [1.29, 1.82) is 0 Å². The van der Waals surface area contributed by atoms with Crippen LogP contribution in [-0.4, -0.2) is 26.4 Å². The molecule has 2 heterocycles. The number of nitrogens with zero attached hydrogens (tertiary/aromatic N) is 3. The lowest BCUT2D eigenvalue weighted by molar-refractivity contribution is -0.118. The highest BCUT2D eigenvalue weighted by Gasteiger charge is 2.10. The predicted molar refractivity (Wildman–Crippen MR) is 98.0 cm³/mol. The van der Waals surface area contributed by atoms with Crippen LogP contribution in [0.5, 0.6) is 0 Å². The molecule has 3 aromatic rings. The molecular weight excluding hydrogens is 364 g/mol. The first-order valence-corrected chi connectivity index (χ1v) is 9.40. The van der Waals surface area contributed by atoms with Gasteiger partial charge >= 0.3 is 0 Å². The molecule has 0 aliphatic rings. The zero-order chi connectivity index (χ0) is 16.9. The minimum absolute atomic E-state index is 0.0528. The summed E-state index contributed by atoms with van der Waals surface area (Å²) in [5.74, 6) is 0.229. The highest BCUT2D eigenvalue weighted by atomic mass is 35.5. The third-order valence-corrected chi connectivity index (χ3v) is 5.42. The molecule has 0 aliphatic heterocycles. The van der Waals surface area contributed by atoms with Gasteiger partial charge in [0.1, 0.15) is 6.33 Å². The van der Waals surface area contributed by atoms with E-state index in [1.54, 1.807) is 6.33 Å². The normalized spacial score (nSPS) is 10.8. The van der Waals surface area contributed by atoms with Gasteiger partial charge in [0.15, 0.2) is 5.16 Å². The lowest BCUT2D eigenvalue weighted by Crippen LogP contribution is -2.24. The lowest BCUT2D eigenvalue weighted by Gasteiger charge is -2.07. The summed E-state index contributed by atoms with van der Waals surface area (Å²) in [7, 11) is 0. The Labute approximate surface area is 153 Å². The van der Waals surface area contributed by atoms with E-state index in [2.05, 4.69) is 15.5 Å². The van der Waals surface area contributed by atoms with Crippen LogP contribution in [0.1, 0.15) is 10.4 Å². The largest absolute Gasteiger partial charge is 0.350 e. The number of hydrogen-bond acceptors (Lipinski definition) is 5. The van der Waals surface area contributed by atoms with Gasteiger partial charge in [-0.05, 0) is 31.2 Å². The fourth-order valence-corrected chi connectivity index (χ4v) is 3.80. The number of nitrogens with one attached hydrogen (secondary N) is 1. The van der Waals surface area contributed by atoms with Gasteiger partial charge in [-0.15, -0.1) is 21.5 Å². The highest BCUT2D eigenvalue weighted by Crippen LogP contribution is 2.22. The number of rotatable bonds is 6. The van der Waals surface area contributed by atoms with Gasteiger partial charge in [0.25, 0.3) is 0 Å². The molecule has 1 N–H and O–H groups in total. The molecule has 5 nitrogen and oxygen atoms in total. The number of carbonyl (C=O) groups is 1. The van der Waals surface area contributed by atoms with Gasteiger partial charge in [0.2, 0.25) is 5.91 Å². The molecule has 24 heavy (non-hydrogen) atoms. The Kier molecular flexibility index (Phi) is 5.55. The second kappa shape index (κ2) is 7.83. The van der Waals surface area contributed by atoms with Gasteiger partial charge < -0.3 is 5.32 Å². The van der Waals surface area contributed by atoms with Crippen molar-refractivity contribution in [1.82, 2.24) is 20.1 Å². The van der Waals surface area contributed by atoms with Crippen LogP contribution >= 0.6 is 34.7 Å². The van der Waals surface area contributed by atoms with E-state index >= 15 is 0 Å². The summed E-state index contributed by atoms with van der Waals surface area (Å²) in [5.41, 5.74) is 2.16. The van der Waals surface area contributed by atoms with Crippen molar-refractivity contribution in [3.05, 3.63) is 57.5 Å². The van der Waals surface area contributed by atoms with Crippen molar-refractivity contribution in [2.45, 2.75) is 18.6 Å². The summed E-state index contributed by atoms with van der Waals surface area (Å²) in [4.78, 5) is 13.0.